The minimum atomic E-state index is -0.306. The molecule has 5 rings (SSSR count). The molecule has 102 valence electrons. The molecule has 3 fully saturated rings. The Bertz CT molecular complexity index is 494. The second-order valence-electron chi connectivity index (χ2n) is 6.45. The lowest BCUT2D eigenvalue weighted by molar-refractivity contribution is -0.187. The molecule has 5 aliphatic rings. The first-order valence-electron chi connectivity index (χ1n) is 7.18. The summed E-state index contributed by atoms with van der Waals surface area (Å²) in [5.41, 5.74) is 1.61. The van der Waals surface area contributed by atoms with Crippen LogP contribution in [0.15, 0.2) is 23.8 Å². The third-order valence-electron chi connectivity index (χ3n) is 5.89. The van der Waals surface area contributed by atoms with Crippen LogP contribution in [0.1, 0.15) is 6.42 Å². The molecule has 4 heteroatoms. The van der Waals surface area contributed by atoms with Crippen molar-refractivity contribution in [2.75, 3.05) is 13.2 Å². The number of alkyl halides is 2. The predicted molar refractivity (Wildman–Crippen MR) is 79.4 cm³/mol. The Balaban J connectivity index is 1.56. The summed E-state index contributed by atoms with van der Waals surface area (Å²) in [6.45, 7) is 1.52. The molecule has 0 aromatic heterocycles. The van der Waals surface area contributed by atoms with Crippen LogP contribution in [0.5, 0.6) is 0 Å². The van der Waals surface area contributed by atoms with Gasteiger partial charge in [-0.15, -0.1) is 0 Å². The first-order chi connectivity index (χ1) is 9.22. The van der Waals surface area contributed by atoms with Crippen LogP contribution in [0.25, 0.3) is 0 Å². The van der Waals surface area contributed by atoms with Gasteiger partial charge in [0.05, 0.1) is 13.2 Å². The van der Waals surface area contributed by atoms with Crippen molar-refractivity contribution in [2.24, 2.45) is 29.6 Å². The summed E-state index contributed by atoms with van der Waals surface area (Å²) in [6, 6.07) is 0. The van der Waals surface area contributed by atoms with E-state index in [4.69, 9.17) is 9.47 Å². The first-order valence-corrected chi connectivity index (χ1v) is 9.01. The van der Waals surface area contributed by atoms with E-state index in [1.54, 1.807) is 5.57 Å². The second kappa shape index (κ2) is 3.76. The van der Waals surface area contributed by atoms with Gasteiger partial charge in [0.15, 0.2) is 5.79 Å². The summed E-state index contributed by atoms with van der Waals surface area (Å²) in [4.78, 5) is 1.13. The summed E-state index contributed by atoms with van der Waals surface area (Å²) >= 11 is 7.62. The smallest absolute Gasteiger partial charge is 0.181 e. The molecule has 1 heterocycles. The maximum atomic E-state index is 6.09. The van der Waals surface area contributed by atoms with Gasteiger partial charge in [-0.25, -0.2) is 0 Å². The summed E-state index contributed by atoms with van der Waals surface area (Å²) in [5.74, 6) is 2.65. The van der Waals surface area contributed by atoms with Crippen molar-refractivity contribution in [3.63, 3.8) is 0 Å². The molecule has 0 aromatic carbocycles. The maximum Gasteiger partial charge on any atom is 0.181 e. The molecule has 0 amide bonds. The van der Waals surface area contributed by atoms with Crippen LogP contribution in [0.3, 0.4) is 0 Å². The topological polar surface area (TPSA) is 18.5 Å². The quantitative estimate of drug-likeness (QED) is 0.469. The van der Waals surface area contributed by atoms with Crippen molar-refractivity contribution in [1.29, 1.82) is 0 Å². The molecule has 1 aliphatic heterocycles. The van der Waals surface area contributed by atoms with Crippen molar-refractivity contribution >= 4 is 31.9 Å². The van der Waals surface area contributed by atoms with Gasteiger partial charge in [-0.2, -0.15) is 0 Å². The highest BCUT2D eigenvalue weighted by Gasteiger charge is 2.66. The van der Waals surface area contributed by atoms with Gasteiger partial charge in [0.2, 0.25) is 0 Å². The lowest BCUT2D eigenvalue weighted by Gasteiger charge is -2.48. The fraction of sp³-hybridized carbons (Fsp3) is 0.733. The fourth-order valence-electron chi connectivity index (χ4n) is 5.09. The third-order valence-corrected chi connectivity index (χ3v) is 8.86. The highest BCUT2D eigenvalue weighted by molar-refractivity contribution is 9.12. The van der Waals surface area contributed by atoms with Crippen molar-refractivity contribution in [1.82, 2.24) is 0 Å². The van der Waals surface area contributed by atoms with Gasteiger partial charge in [0.1, 0.15) is 0 Å². The minimum absolute atomic E-state index is 0.306. The van der Waals surface area contributed by atoms with E-state index in [9.17, 15) is 0 Å². The van der Waals surface area contributed by atoms with Gasteiger partial charge in [0.25, 0.3) is 0 Å². The number of hydrogen-bond donors (Lipinski definition) is 0. The molecule has 1 saturated heterocycles. The van der Waals surface area contributed by atoms with E-state index in [0.29, 0.717) is 33.3 Å². The zero-order valence-corrected chi connectivity index (χ0v) is 13.6. The lowest BCUT2D eigenvalue weighted by Crippen LogP contribution is -2.46. The zero-order valence-electron chi connectivity index (χ0n) is 10.5. The number of halogens is 2. The van der Waals surface area contributed by atoms with Crippen LogP contribution in [0.4, 0.5) is 0 Å². The Labute approximate surface area is 129 Å². The molecular weight excluding hydrogens is 372 g/mol. The van der Waals surface area contributed by atoms with E-state index in [1.165, 1.54) is 6.42 Å². The van der Waals surface area contributed by atoms with Crippen molar-refractivity contribution in [2.45, 2.75) is 21.9 Å². The molecule has 2 nitrogen and oxygen atoms in total. The van der Waals surface area contributed by atoms with Crippen LogP contribution in [0.2, 0.25) is 0 Å². The molecule has 2 bridgehead atoms. The summed E-state index contributed by atoms with van der Waals surface area (Å²) in [6.07, 6.45) is 8.54. The van der Waals surface area contributed by atoms with E-state index < -0.39 is 0 Å². The SMILES string of the molecule is Br[C@@H]1[C@H](Br)C2=C[C@@H]3[C@H](C[C@@H]21)[C@H]1C=C[C@H]3C12OCCO2. The summed E-state index contributed by atoms with van der Waals surface area (Å²) in [7, 11) is 0. The number of allylic oxidation sites excluding steroid dienone is 2. The van der Waals surface area contributed by atoms with Gasteiger partial charge in [-0.3, -0.25) is 0 Å². The van der Waals surface area contributed by atoms with Crippen LogP contribution in [0, 0.1) is 29.6 Å². The van der Waals surface area contributed by atoms with Gasteiger partial charge in [-0.05, 0) is 24.2 Å². The number of hydrogen-bond acceptors (Lipinski definition) is 2. The molecule has 2 saturated carbocycles. The van der Waals surface area contributed by atoms with Crippen LogP contribution >= 0.6 is 31.9 Å². The molecule has 0 unspecified atom stereocenters. The van der Waals surface area contributed by atoms with Crippen LogP contribution in [-0.2, 0) is 9.47 Å². The molecule has 0 radical (unpaired) electrons. The van der Waals surface area contributed by atoms with Gasteiger partial charge < -0.3 is 9.47 Å². The van der Waals surface area contributed by atoms with E-state index in [1.807, 2.05) is 0 Å². The van der Waals surface area contributed by atoms with Crippen LogP contribution in [-0.4, -0.2) is 28.7 Å². The molecule has 1 spiro atoms. The van der Waals surface area contributed by atoms with Crippen molar-refractivity contribution in [3.8, 4) is 0 Å². The van der Waals surface area contributed by atoms with E-state index in [0.717, 1.165) is 19.1 Å². The third kappa shape index (κ3) is 1.26. The zero-order chi connectivity index (χ0) is 12.8. The van der Waals surface area contributed by atoms with Gasteiger partial charge in [0, 0.05) is 21.5 Å². The van der Waals surface area contributed by atoms with Gasteiger partial charge >= 0.3 is 0 Å². The summed E-state index contributed by atoms with van der Waals surface area (Å²) in [5, 5.41) is 0. The van der Waals surface area contributed by atoms with E-state index in [-0.39, 0.29) is 5.79 Å². The highest BCUT2D eigenvalue weighted by Crippen LogP contribution is 2.65. The highest BCUT2D eigenvalue weighted by atomic mass is 79.9. The molecular formula is C15H16Br2O2. The van der Waals surface area contributed by atoms with E-state index >= 15 is 0 Å². The lowest BCUT2D eigenvalue weighted by atomic mass is 9.63. The van der Waals surface area contributed by atoms with Crippen LogP contribution < -0.4 is 0 Å². The molecule has 7 atom stereocenters. The standard InChI is InChI=1S/C15H16Br2O2/c16-13-9-5-7-8(6-10(9)14(13)17)12-2-1-11(7)15(12)18-3-4-19-15/h1-2,5,7-8,10-14H,3-4,6H2/t7-,8+,10+,11-,12-,13-,14+/m1/s1. The van der Waals surface area contributed by atoms with E-state index in [2.05, 4.69) is 50.1 Å². The summed E-state index contributed by atoms with van der Waals surface area (Å²) < 4.78 is 12.2. The Morgan fingerprint density at radius 2 is 1.84 bits per heavy atom. The minimum Gasteiger partial charge on any atom is -0.346 e. The maximum absolute atomic E-state index is 6.09. The second-order valence-corrected chi connectivity index (χ2v) is 8.49. The number of rotatable bonds is 0. The first kappa shape index (κ1) is 12.0. The Morgan fingerprint density at radius 1 is 1.11 bits per heavy atom. The molecule has 0 N–H and O–H groups in total. The largest absolute Gasteiger partial charge is 0.346 e. The molecule has 0 aromatic rings. The Morgan fingerprint density at radius 3 is 2.63 bits per heavy atom. The van der Waals surface area contributed by atoms with Crippen molar-refractivity contribution in [3.05, 3.63) is 23.8 Å². The average molecular weight is 388 g/mol. The number of fused-ring (bicyclic) bond motifs is 4. The Hall–Kier alpha value is 0.360. The van der Waals surface area contributed by atoms with Gasteiger partial charge in [-0.1, -0.05) is 55.7 Å². The average Bonchev–Trinajstić information content (AvgIpc) is 3.13. The normalized spacial score (nSPS) is 55.9. The molecule has 19 heavy (non-hydrogen) atoms. The Kier molecular flexibility index (Phi) is 2.37. The predicted octanol–water partition coefficient (Wildman–Crippen LogP) is 3.26. The van der Waals surface area contributed by atoms with Crippen molar-refractivity contribution < 1.29 is 9.47 Å². The fourth-order valence-corrected chi connectivity index (χ4v) is 6.77. The molecule has 4 aliphatic carbocycles. The number of ether oxygens (including phenoxy) is 2. The monoisotopic (exact) mass is 386 g/mol.